The van der Waals surface area contributed by atoms with Gasteiger partial charge in [0.05, 0.1) is 18.0 Å². The number of rotatable bonds is 7. The van der Waals surface area contributed by atoms with Crippen LogP contribution >= 0.6 is 0 Å². The maximum absolute atomic E-state index is 11.1. The first kappa shape index (κ1) is 15.2. The van der Waals surface area contributed by atoms with Crippen LogP contribution in [0.2, 0.25) is 0 Å². The number of hydrogen-bond acceptors (Lipinski definition) is 7. The lowest BCUT2D eigenvalue weighted by molar-refractivity contribution is -0.383. The number of nitrogen functional groups attached to an aromatic ring is 1. The van der Waals surface area contributed by atoms with Crippen molar-refractivity contribution >= 4 is 28.9 Å². The first-order valence-electron chi connectivity index (χ1n) is 5.42. The molecule has 2 amide bonds. The van der Waals surface area contributed by atoms with Crippen LogP contribution in [0.3, 0.4) is 0 Å². The summed E-state index contributed by atoms with van der Waals surface area (Å²) in [5, 5.41) is 11.1. The Morgan fingerprint density at radius 2 is 1.80 bits per heavy atom. The van der Waals surface area contributed by atoms with Gasteiger partial charge < -0.3 is 21.8 Å². The minimum absolute atomic E-state index is 0.0167. The molecule has 7 N–H and O–H groups in total. The zero-order valence-electron chi connectivity index (χ0n) is 10.4. The van der Waals surface area contributed by atoms with Crippen molar-refractivity contribution in [2.45, 2.75) is 0 Å². The van der Waals surface area contributed by atoms with E-state index in [-0.39, 0.29) is 17.1 Å². The summed E-state index contributed by atoms with van der Waals surface area (Å²) in [6.07, 6.45) is 0. The lowest BCUT2D eigenvalue weighted by Gasteiger charge is -2.22. The van der Waals surface area contributed by atoms with Crippen LogP contribution in [0.1, 0.15) is 0 Å². The summed E-state index contributed by atoms with van der Waals surface area (Å²) in [4.78, 5) is 33.6. The zero-order chi connectivity index (χ0) is 15.3. The Hall–Kier alpha value is -2.88. The Bertz CT molecular complexity index is 531. The first-order valence-corrected chi connectivity index (χ1v) is 5.42. The molecule has 0 saturated heterocycles. The van der Waals surface area contributed by atoms with Gasteiger partial charge in [0.25, 0.3) is 0 Å². The van der Waals surface area contributed by atoms with Gasteiger partial charge in [0.1, 0.15) is 11.4 Å². The number of nitrogens with zero attached hydrogens (tertiary/aromatic N) is 2. The number of nitro benzene ring substituents is 1. The molecular weight excluding hydrogens is 268 g/mol. The van der Waals surface area contributed by atoms with Crippen LogP contribution < -0.4 is 27.6 Å². The third kappa shape index (κ3) is 3.55. The van der Waals surface area contributed by atoms with Crippen LogP contribution in [0.4, 0.5) is 17.1 Å². The van der Waals surface area contributed by atoms with Gasteiger partial charge in [-0.2, -0.15) is 0 Å². The molecule has 0 atom stereocenters. The summed E-state index contributed by atoms with van der Waals surface area (Å²) in [5.41, 5.74) is 12.0. The van der Waals surface area contributed by atoms with E-state index >= 15 is 0 Å². The van der Waals surface area contributed by atoms with E-state index in [0.717, 1.165) is 4.90 Å². The SMILES string of the molecule is NNc1cccc(N(CC(N)=O)CC(N)=O)c1[N+](=O)[O-]. The fraction of sp³-hybridized carbons (Fsp3) is 0.200. The van der Waals surface area contributed by atoms with Gasteiger partial charge in [-0.05, 0) is 12.1 Å². The largest absolute Gasteiger partial charge is 0.368 e. The molecule has 0 fully saturated rings. The molecule has 1 rings (SSSR count). The predicted molar refractivity (Wildman–Crippen MR) is 71.5 cm³/mol. The number of carbonyl (C=O) groups excluding carboxylic acids is 2. The summed E-state index contributed by atoms with van der Waals surface area (Å²) in [6.45, 7) is -0.782. The predicted octanol–water partition coefficient (Wildman–Crippen LogP) is -1.34. The molecule has 0 radical (unpaired) electrons. The van der Waals surface area contributed by atoms with E-state index in [1.54, 1.807) is 0 Å². The van der Waals surface area contributed by atoms with E-state index in [4.69, 9.17) is 17.3 Å². The van der Waals surface area contributed by atoms with E-state index in [1.807, 2.05) is 0 Å². The van der Waals surface area contributed by atoms with Gasteiger partial charge in [-0.25, -0.2) is 0 Å². The Morgan fingerprint density at radius 1 is 1.25 bits per heavy atom. The third-order valence-electron chi connectivity index (χ3n) is 2.39. The van der Waals surface area contributed by atoms with Crippen LogP contribution in [-0.2, 0) is 9.59 Å². The number of nitro groups is 1. The minimum atomic E-state index is -0.758. The second-order valence-corrected chi connectivity index (χ2v) is 3.86. The molecule has 0 aliphatic carbocycles. The lowest BCUT2D eigenvalue weighted by atomic mass is 10.2. The number of hydrogen-bond donors (Lipinski definition) is 4. The normalized spacial score (nSPS) is 9.85. The highest BCUT2D eigenvalue weighted by Gasteiger charge is 2.25. The molecule has 1 aromatic carbocycles. The number of anilines is 2. The smallest absolute Gasteiger partial charge is 0.316 e. The van der Waals surface area contributed by atoms with E-state index in [2.05, 4.69) is 5.43 Å². The summed E-state index contributed by atoms with van der Waals surface area (Å²) in [5.74, 6) is 3.69. The second kappa shape index (κ2) is 6.33. The molecule has 0 heterocycles. The molecule has 0 saturated carbocycles. The molecular formula is C10H14N6O4. The highest BCUT2D eigenvalue weighted by atomic mass is 16.6. The van der Waals surface area contributed by atoms with Gasteiger partial charge in [0.15, 0.2) is 0 Å². The van der Waals surface area contributed by atoms with Gasteiger partial charge in [-0.15, -0.1) is 0 Å². The topological polar surface area (TPSA) is 171 Å². The number of para-hydroxylation sites is 1. The number of amides is 2. The minimum Gasteiger partial charge on any atom is -0.368 e. The quantitative estimate of drug-likeness (QED) is 0.272. The highest BCUT2D eigenvalue weighted by Crippen LogP contribution is 2.34. The van der Waals surface area contributed by atoms with Crippen LogP contribution in [0.5, 0.6) is 0 Å². The van der Waals surface area contributed by atoms with Crippen molar-refractivity contribution in [1.29, 1.82) is 0 Å². The summed E-state index contributed by atoms with van der Waals surface area (Å²) in [6, 6.07) is 4.23. The standard InChI is InChI=1S/C10H14N6O4/c11-8(17)4-15(5-9(12)18)7-3-1-2-6(14-13)10(7)16(19)20/h1-3,14H,4-5,13H2,(H2,11,17)(H2,12,18). The second-order valence-electron chi connectivity index (χ2n) is 3.86. The Labute approximate surface area is 113 Å². The molecule has 0 bridgehead atoms. The number of nitrogens with one attached hydrogen (secondary N) is 1. The molecule has 0 aliphatic rings. The molecule has 0 aromatic heterocycles. The van der Waals surface area contributed by atoms with Crippen molar-refractivity contribution < 1.29 is 14.5 Å². The number of hydrazine groups is 1. The lowest BCUT2D eigenvalue weighted by Crippen LogP contribution is -2.40. The van der Waals surface area contributed by atoms with E-state index < -0.39 is 29.8 Å². The van der Waals surface area contributed by atoms with Crippen molar-refractivity contribution in [3.8, 4) is 0 Å². The van der Waals surface area contributed by atoms with Crippen molar-refractivity contribution in [3.63, 3.8) is 0 Å². The van der Waals surface area contributed by atoms with Gasteiger partial charge in [0, 0.05) is 0 Å². The molecule has 20 heavy (non-hydrogen) atoms. The molecule has 10 nitrogen and oxygen atoms in total. The van der Waals surface area contributed by atoms with Crippen LogP contribution in [0.25, 0.3) is 0 Å². The maximum atomic E-state index is 11.1. The highest BCUT2D eigenvalue weighted by molar-refractivity contribution is 5.88. The number of benzene rings is 1. The Kier molecular flexibility index (Phi) is 4.81. The monoisotopic (exact) mass is 282 g/mol. The van der Waals surface area contributed by atoms with E-state index in [9.17, 15) is 19.7 Å². The summed E-state index contributed by atoms with van der Waals surface area (Å²) in [7, 11) is 0. The Morgan fingerprint density at radius 3 is 2.20 bits per heavy atom. The third-order valence-corrected chi connectivity index (χ3v) is 2.39. The Balaban J connectivity index is 3.34. The fourth-order valence-corrected chi connectivity index (χ4v) is 1.70. The zero-order valence-corrected chi connectivity index (χ0v) is 10.4. The van der Waals surface area contributed by atoms with E-state index in [1.165, 1.54) is 18.2 Å². The van der Waals surface area contributed by atoms with Crippen molar-refractivity contribution in [2.24, 2.45) is 17.3 Å². The van der Waals surface area contributed by atoms with Gasteiger partial charge in [-0.3, -0.25) is 25.5 Å². The van der Waals surface area contributed by atoms with Crippen molar-refractivity contribution in [3.05, 3.63) is 28.3 Å². The van der Waals surface area contributed by atoms with Gasteiger partial charge >= 0.3 is 5.69 Å². The number of nitrogens with two attached hydrogens (primary N) is 3. The summed E-state index contributed by atoms with van der Waals surface area (Å²) >= 11 is 0. The van der Waals surface area contributed by atoms with Crippen molar-refractivity contribution in [1.82, 2.24) is 0 Å². The van der Waals surface area contributed by atoms with E-state index in [0.29, 0.717) is 0 Å². The first-order chi connectivity index (χ1) is 9.36. The molecule has 1 aromatic rings. The van der Waals surface area contributed by atoms with Crippen LogP contribution in [0, 0.1) is 10.1 Å². The maximum Gasteiger partial charge on any atom is 0.316 e. The molecule has 0 aliphatic heterocycles. The average Bonchev–Trinajstić information content (AvgIpc) is 2.35. The fourth-order valence-electron chi connectivity index (χ4n) is 1.70. The number of primary amides is 2. The molecule has 0 unspecified atom stereocenters. The average molecular weight is 282 g/mol. The molecule has 0 spiro atoms. The van der Waals surface area contributed by atoms with Crippen LogP contribution in [-0.4, -0.2) is 29.8 Å². The van der Waals surface area contributed by atoms with Gasteiger partial charge in [-0.1, -0.05) is 6.07 Å². The van der Waals surface area contributed by atoms with Crippen molar-refractivity contribution in [2.75, 3.05) is 23.4 Å². The molecule has 108 valence electrons. The number of carbonyl (C=O) groups is 2. The van der Waals surface area contributed by atoms with Crippen LogP contribution in [0.15, 0.2) is 18.2 Å². The summed E-state index contributed by atoms with van der Waals surface area (Å²) < 4.78 is 0. The molecule has 10 heteroatoms. The van der Waals surface area contributed by atoms with Gasteiger partial charge in [0.2, 0.25) is 11.8 Å².